The second-order valence-electron chi connectivity index (χ2n) is 5.94. The third kappa shape index (κ3) is 2.84. The number of aryl methyl sites for hydroxylation is 2. The first-order chi connectivity index (χ1) is 10.5. The third-order valence-corrected chi connectivity index (χ3v) is 4.37. The van der Waals surface area contributed by atoms with E-state index in [1.54, 1.807) is 12.1 Å². The Kier molecular flexibility index (Phi) is 3.88. The van der Waals surface area contributed by atoms with Gasteiger partial charge in [-0.15, -0.1) is 0 Å². The van der Waals surface area contributed by atoms with Crippen LogP contribution in [0.4, 0.5) is 0 Å². The second kappa shape index (κ2) is 5.70. The standard InChI is InChI=1S/C16H21N3O3/c1-11-18-13-9-12(3-4-14(13)19(11)2)15(20)17-10-16(21)5-7-22-8-6-16/h3-4,9,21H,5-8,10H2,1-2H3,(H,17,20). The van der Waals surface area contributed by atoms with Gasteiger partial charge in [-0.2, -0.15) is 0 Å². The van der Waals surface area contributed by atoms with Crippen molar-refractivity contribution in [1.29, 1.82) is 0 Å². The molecular formula is C16H21N3O3. The Morgan fingerprint density at radius 1 is 1.45 bits per heavy atom. The van der Waals surface area contributed by atoms with Crippen molar-refractivity contribution in [3.63, 3.8) is 0 Å². The van der Waals surface area contributed by atoms with E-state index in [0.29, 0.717) is 31.6 Å². The molecule has 2 aromatic rings. The fourth-order valence-electron chi connectivity index (χ4n) is 2.74. The van der Waals surface area contributed by atoms with Crippen LogP contribution < -0.4 is 5.32 Å². The van der Waals surface area contributed by atoms with Crippen LogP contribution in [0.15, 0.2) is 18.2 Å². The molecule has 22 heavy (non-hydrogen) atoms. The highest BCUT2D eigenvalue weighted by molar-refractivity contribution is 5.97. The maximum Gasteiger partial charge on any atom is 0.251 e. The topological polar surface area (TPSA) is 76.4 Å². The van der Waals surface area contributed by atoms with Crippen LogP contribution in [0, 0.1) is 6.92 Å². The lowest BCUT2D eigenvalue weighted by molar-refractivity contribution is -0.0605. The van der Waals surface area contributed by atoms with E-state index in [1.807, 2.05) is 24.6 Å². The predicted molar refractivity (Wildman–Crippen MR) is 82.8 cm³/mol. The summed E-state index contributed by atoms with van der Waals surface area (Å²) in [5, 5.41) is 13.2. The zero-order valence-electron chi connectivity index (χ0n) is 12.9. The van der Waals surface area contributed by atoms with E-state index in [1.165, 1.54) is 0 Å². The summed E-state index contributed by atoms with van der Waals surface area (Å²) in [7, 11) is 1.95. The van der Waals surface area contributed by atoms with E-state index in [-0.39, 0.29) is 12.5 Å². The lowest BCUT2D eigenvalue weighted by Gasteiger charge is -2.32. The minimum atomic E-state index is -0.862. The number of fused-ring (bicyclic) bond motifs is 1. The van der Waals surface area contributed by atoms with Gasteiger partial charge in [-0.05, 0) is 25.1 Å². The van der Waals surface area contributed by atoms with Gasteiger partial charge in [0.2, 0.25) is 0 Å². The van der Waals surface area contributed by atoms with Crippen molar-refractivity contribution in [3.05, 3.63) is 29.6 Å². The minimum Gasteiger partial charge on any atom is -0.388 e. The lowest BCUT2D eigenvalue weighted by Crippen LogP contribution is -2.46. The zero-order chi connectivity index (χ0) is 15.7. The minimum absolute atomic E-state index is 0.190. The molecule has 0 unspecified atom stereocenters. The number of amides is 1. The van der Waals surface area contributed by atoms with Crippen LogP contribution in [0.2, 0.25) is 0 Å². The number of carbonyl (C=O) groups is 1. The van der Waals surface area contributed by atoms with E-state index in [0.717, 1.165) is 16.9 Å². The number of hydrogen-bond acceptors (Lipinski definition) is 4. The number of hydrogen-bond donors (Lipinski definition) is 2. The molecular weight excluding hydrogens is 282 g/mol. The van der Waals surface area contributed by atoms with Crippen molar-refractivity contribution in [1.82, 2.24) is 14.9 Å². The summed E-state index contributed by atoms with van der Waals surface area (Å²) in [6.07, 6.45) is 1.09. The van der Waals surface area contributed by atoms with E-state index in [9.17, 15) is 9.90 Å². The Hall–Kier alpha value is -1.92. The Morgan fingerprint density at radius 3 is 2.91 bits per heavy atom. The molecule has 6 nitrogen and oxygen atoms in total. The quantitative estimate of drug-likeness (QED) is 0.892. The number of nitrogens with zero attached hydrogens (tertiary/aromatic N) is 2. The smallest absolute Gasteiger partial charge is 0.251 e. The molecule has 6 heteroatoms. The average molecular weight is 303 g/mol. The van der Waals surface area contributed by atoms with E-state index in [4.69, 9.17) is 4.74 Å². The number of aromatic nitrogens is 2. The normalized spacial score (nSPS) is 17.6. The number of rotatable bonds is 3. The first kappa shape index (κ1) is 15.0. The van der Waals surface area contributed by atoms with Gasteiger partial charge in [0.05, 0.1) is 16.6 Å². The van der Waals surface area contributed by atoms with Crippen LogP contribution in [-0.4, -0.2) is 45.9 Å². The highest BCUT2D eigenvalue weighted by atomic mass is 16.5. The van der Waals surface area contributed by atoms with Crippen LogP contribution in [0.5, 0.6) is 0 Å². The monoisotopic (exact) mass is 303 g/mol. The lowest BCUT2D eigenvalue weighted by atomic mass is 9.94. The van der Waals surface area contributed by atoms with Gasteiger partial charge in [0.1, 0.15) is 5.82 Å². The fraction of sp³-hybridized carbons (Fsp3) is 0.500. The number of aliphatic hydroxyl groups is 1. The first-order valence-corrected chi connectivity index (χ1v) is 7.50. The molecule has 1 amide bonds. The van der Waals surface area contributed by atoms with Gasteiger partial charge in [-0.25, -0.2) is 4.98 Å². The molecule has 1 fully saturated rings. The van der Waals surface area contributed by atoms with E-state index >= 15 is 0 Å². The molecule has 3 rings (SSSR count). The molecule has 0 atom stereocenters. The average Bonchev–Trinajstić information content (AvgIpc) is 2.80. The summed E-state index contributed by atoms with van der Waals surface area (Å²) in [4.78, 5) is 16.7. The zero-order valence-corrected chi connectivity index (χ0v) is 12.9. The SMILES string of the molecule is Cc1nc2cc(C(=O)NCC3(O)CCOCC3)ccc2n1C. The van der Waals surface area contributed by atoms with Crippen molar-refractivity contribution in [2.45, 2.75) is 25.4 Å². The van der Waals surface area contributed by atoms with Crippen LogP contribution in [0.25, 0.3) is 11.0 Å². The van der Waals surface area contributed by atoms with Gasteiger partial charge in [-0.3, -0.25) is 4.79 Å². The molecule has 2 N–H and O–H groups in total. The number of benzene rings is 1. The number of nitrogens with one attached hydrogen (secondary N) is 1. The molecule has 0 spiro atoms. The number of imidazole rings is 1. The van der Waals surface area contributed by atoms with Crippen molar-refractivity contribution < 1.29 is 14.6 Å². The molecule has 1 aliphatic rings. The van der Waals surface area contributed by atoms with Crippen LogP contribution >= 0.6 is 0 Å². The largest absolute Gasteiger partial charge is 0.388 e. The van der Waals surface area contributed by atoms with Crippen LogP contribution in [0.1, 0.15) is 29.0 Å². The molecule has 118 valence electrons. The van der Waals surface area contributed by atoms with Gasteiger partial charge in [0.15, 0.2) is 0 Å². The van der Waals surface area contributed by atoms with Crippen molar-refractivity contribution in [3.8, 4) is 0 Å². The summed E-state index contributed by atoms with van der Waals surface area (Å²) in [6.45, 7) is 3.24. The van der Waals surface area contributed by atoms with Crippen molar-refractivity contribution in [2.75, 3.05) is 19.8 Å². The summed E-state index contributed by atoms with van der Waals surface area (Å²) < 4.78 is 7.22. The highest BCUT2D eigenvalue weighted by Crippen LogP contribution is 2.20. The molecule has 2 heterocycles. The molecule has 1 aromatic carbocycles. The fourth-order valence-corrected chi connectivity index (χ4v) is 2.74. The molecule has 1 saturated heterocycles. The number of ether oxygens (including phenoxy) is 1. The van der Waals surface area contributed by atoms with Crippen molar-refractivity contribution in [2.24, 2.45) is 7.05 Å². The summed E-state index contributed by atoms with van der Waals surface area (Å²) in [6, 6.07) is 5.46. The molecule has 1 aromatic heterocycles. The van der Waals surface area contributed by atoms with E-state index < -0.39 is 5.60 Å². The van der Waals surface area contributed by atoms with Gasteiger partial charge < -0.3 is 19.7 Å². The highest BCUT2D eigenvalue weighted by Gasteiger charge is 2.30. The predicted octanol–water partition coefficient (Wildman–Crippen LogP) is 1.15. The second-order valence-corrected chi connectivity index (χ2v) is 5.94. The Bertz CT molecular complexity index is 702. The molecule has 1 aliphatic heterocycles. The molecule has 0 radical (unpaired) electrons. The summed E-state index contributed by atoms with van der Waals surface area (Å²) >= 11 is 0. The van der Waals surface area contributed by atoms with Crippen LogP contribution in [-0.2, 0) is 11.8 Å². The molecule has 0 saturated carbocycles. The van der Waals surface area contributed by atoms with Crippen molar-refractivity contribution >= 4 is 16.9 Å². The Labute approximate surface area is 129 Å². The molecule has 0 bridgehead atoms. The Morgan fingerprint density at radius 2 is 2.18 bits per heavy atom. The Balaban J connectivity index is 1.72. The number of carbonyl (C=O) groups excluding carboxylic acids is 1. The van der Waals surface area contributed by atoms with Gasteiger partial charge in [0.25, 0.3) is 5.91 Å². The van der Waals surface area contributed by atoms with Gasteiger partial charge >= 0.3 is 0 Å². The summed E-state index contributed by atoms with van der Waals surface area (Å²) in [5.74, 6) is 0.717. The maximum absolute atomic E-state index is 12.3. The maximum atomic E-state index is 12.3. The molecule has 0 aliphatic carbocycles. The third-order valence-electron chi connectivity index (χ3n) is 4.37. The first-order valence-electron chi connectivity index (χ1n) is 7.50. The van der Waals surface area contributed by atoms with Gasteiger partial charge in [0, 0.05) is 45.2 Å². The van der Waals surface area contributed by atoms with Crippen LogP contribution in [0.3, 0.4) is 0 Å². The summed E-state index contributed by atoms with van der Waals surface area (Å²) in [5.41, 5.74) is 1.50. The van der Waals surface area contributed by atoms with Gasteiger partial charge in [-0.1, -0.05) is 0 Å². The van der Waals surface area contributed by atoms with E-state index in [2.05, 4.69) is 10.3 Å².